The lowest BCUT2D eigenvalue weighted by Crippen LogP contribution is -2.48. The zero-order chi connectivity index (χ0) is 20.7. The Bertz CT molecular complexity index is 808. The van der Waals surface area contributed by atoms with Gasteiger partial charge >= 0.3 is 0 Å². The van der Waals surface area contributed by atoms with Crippen LogP contribution in [-0.2, 0) is 22.6 Å². The Hall–Kier alpha value is -2.40. The Kier molecular flexibility index (Phi) is 8.00. The van der Waals surface area contributed by atoms with Gasteiger partial charge in [0.25, 0.3) is 0 Å². The first-order valence-corrected chi connectivity index (χ1v) is 9.70. The number of rotatable bonds is 8. The molecule has 2 aromatic carbocycles. The summed E-state index contributed by atoms with van der Waals surface area (Å²) in [6, 6.07) is 12.4. The van der Waals surface area contributed by atoms with Gasteiger partial charge in [-0.25, -0.2) is 4.39 Å². The van der Waals surface area contributed by atoms with Gasteiger partial charge in [0.1, 0.15) is 11.9 Å². The average Bonchev–Trinajstić information content (AvgIpc) is 2.66. The molecule has 0 saturated heterocycles. The van der Waals surface area contributed by atoms with Gasteiger partial charge in [0.2, 0.25) is 11.8 Å². The van der Waals surface area contributed by atoms with E-state index in [-0.39, 0.29) is 30.6 Å². The molecule has 0 aliphatic carbocycles. The SMILES string of the molecule is CC(C)CNC(=O)[C@@H](C)N(Cc1ccc(F)cc1)C(=O)Cc1ccccc1Cl. The van der Waals surface area contributed by atoms with Crippen molar-refractivity contribution in [1.82, 2.24) is 10.2 Å². The molecule has 28 heavy (non-hydrogen) atoms. The molecule has 2 aromatic rings. The van der Waals surface area contributed by atoms with Gasteiger partial charge in [-0.2, -0.15) is 0 Å². The summed E-state index contributed by atoms with van der Waals surface area (Å²) < 4.78 is 13.2. The summed E-state index contributed by atoms with van der Waals surface area (Å²) >= 11 is 6.19. The summed E-state index contributed by atoms with van der Waals surface area (Å²) in [6.45, 7) is 6.45. The molecule has 6 heteroatoms. The van der Waals surface area contributed by atoms with E-state index in [0.29, 0.717) is 23.0 Å². The molecule has 1 atom stereocenters. The number of amides is 2. The van der Waals surface area contributed by atoms with Gasteiger partial charge in [-0.05, 0) is 42.2 Å². The fourth-order valence-electron chi connectivity index (χ4n) is 2.73. The van der Waals surface area contributed by atoms with Crippen molar-refractivity contribution in [3.05, 3.63) is 70.5 Å². The normalized spacial score (nSPS) is 11.9. The van der Waals surface area contributed by atoms with Crippen LogP contribution in [0, 0.1) is 11.7 Å². The fourth-order valence-corrected chi connectivity index (χ4v) is 2.93. The maximum atomic E-state index is 13.2. The first-order chi connectivity index (χ1) is 13.3. The highest BCUT2D eigenvalue weighted by Crippen LogP contribution is 2.18. The van der Waals surface area contributed by atoms with Crippen LogP contribution in [-0.4, -0.2) is 29.3 Å². The Balaban J connectivity index is 2.21. The van der Waals surface area contributed by atoms with E-state index < -0.39 is 6.04 Å². The minimum Gasteiger partial charge on any atom is -0.354 e. The maximum absolute atomic E-state index is 13.2. The highest BCUT2D eigenvalue weighted by atomic mass is 35.5. The zero-order valence-electron chi connectivity index (χ0n) is 16.4. The molecule has 1 N–H and O–H groups in total. The van der Waals surface area contributed by atoms with Crippen LogP contribution in [0.3, 0.4) is 0 Å². The summed E-state index contributed by atoms with van der Waals surface area (Å²) in [4.78, 5) is 27.1. The molecule has 0 heterocycles. The molecule has 0 unspecified atom stereocenters. The second kappa shape index (κ2) is 10.2. The van der Waals surface area contributed by atoms with Crippen LogP contribution in [0.15, 0.2) is 48.5 Å². The minimum atomic E-state index is -0.668. The van der Waals surface area contributed by atoms with Crippen LogP contribution in [0.4, 0.5) is 4.39 Å². The van der Waals surface area contributed by atoms with E-state index in [1.807, 2.05) is 19.9 Å². The summed E-state index contributed by atoms with van der Waals surface area (Å²) in [5.74, 6) is -0.478. The molecule has 0 aromatic heterocycles. The molecule has 0 aliphatic rings. The summed E-state index contributed by atoms with van der Waals surface area (Å²) in [6.07, 6.45) is 0.0860. The number of nitrogens with one attached hydrogen (secondary N) is 1. The Morgan fingerprint density at radius 1 is 1.07 bits per heavy atom. The monoisotopic (exact) mass is 404 g/mol. The number of benzene rings is 2. The van der Waals surface area contributed by atoms with Crippen molar-refractivity contribution in [2.75, 3.05) is 6.54 Å². The van der Waals surface area contributed by atoms with Crippen LogP contribution in [0.5, 0.6) is 0 Å². The first-order valence-electron chi connectivity index (χ1n) is 9.33. The Labute approximate surface area is 170 Å². The summed E-state index contributed by atoms with van der Waals surface area (Å²) in [7, 11) is 0. The number of hydrogen-bond donors (Lipinski definition) is 1. The maximum Gasteiger partial charge on any atom is 0.242 e. The van der Waals surface area contributed by atoms with E-state index in [1.165, 1.54) is 17.0 Å². The van der Waals surface area contributed by atoms with E-state index in [4.69, 9.17) is 11.6 Å². The number of carbonyl (C=O) groups excluding carboxylic acids is 2. The number of carbonyl (C=O) groups is 2. The third-order valence-electron chi connectivity index (χ3n) is 4.42. The van der Waals surface area contributed by atoms with Crippen molar-refractivity contribution in [2.45, 2.75) is 39.8 Å². The molecule has 0 bridgehead atoms. The van der Waals surface area contributed by atoms with Gasteiger partial charge < -0.3 is 10.2 Å². The molecule has 2 rings (SSSR count). The lowest BCUT2D eigenvalue weighted by Gasteiger charge is -2.29. The summed E-state index contributed by atoms with van der Waals surface area (Å²) in [5.41, 5.74) is 1.45. The molecule has 2 amide bonds. The first kappa shape index (κ1) is 21.9. The smallest absolute Gasteiger partial charge is 0.242 e. The van der Waals surface area contributed by atoms with Crippen LogP contribution in [0.25, 0.3) is 0 Å². The summed E-state index contributed by atoms with van der Waals surface area (Å²) in [5, 5.41) is 3.38. The number of hydrogen-bond acceptors (Lipinski definition) is 2. The topological polar surface area (TPSA) is 49.4 Å². The molecular formula is C22H26ClFN2O2. The molecule has 4 nitrogen and oxygen atoms in total. The molecule has 0 spiro atoms. The quantitative estimate of drug-likeness (QED) is 0.716. The standard InChI is InChI=1S/C22H26ClFN2O2/c1-15(2)13-25-22(28)16(3)26(14-17-8-10-19(24)11-9-17)21(27)12-18-6-4-5-7-20(18)23/h4-11,15-16H,12-14H2,1-3H3,(H,25,28)/t16-/m1/s1. The van der Waals surface area contributed by atoms with Gasteiger partial charge in [0.05, 0.1) is 6.42 Å². The van der Waals surface area contributed by atoms with Crippen LogP contribution in [0.1, 0.15) is 31.9 Å². The number of nitrogens with zero attached hydrogens (tertiary/aromatic N) is 1. The lowest BCUT2D eigenvalue weighted by molar-refractivity contribution is -0.140. The zero-order valence-corrected chi connectivity index (χ0v) is 17.2. The van der Waals surface area contributed by atoms with Crippen molar-refractivity contribution < 1.29 is 14.0 Å². The van der Waals surface area contributed by atoms with E-state index in [0.717, 1.165) is 5.56 Å². The Morgan fingerprint density at radius 3 is 2.32 bits per heavy atom. The van der Waals surface area contributed by atoms with Crippen molar-refractivity contribution in [3.8, 4) is 0 Å². The predicted octanol–water partition coefficient (Wildman–Crippen LogP) is 4.21. The molecule has 0 saturated carbocycles. The second-order valence-corrected chi connectivity index (χ2v) is 7.64. The minimum absolute atomic E-state index is 0.0860. The predicted molar refractivity (Wildman–Crippen MR) is 109 cm³/mol. The third kappa shape index (κ3) is 6.34. The lowest BCUT2D eigenvalue weighted by atomic mass is 10.1. The van der Waals surface area contributed by atoms with Crippen molar-refractivity contribution >= 4 is 23.4 Å². The van der Waals surface area contributed by atoms with Crippen molar-refractivity contribution in [1.29, 1.82) is 0 Å². The van der Waals surface area contributed by atoms with Gasteiger partial charge in [0, 0.05) is 18.1 Å². The molecule has 0 aliphatic heterocycles. The van der Waals surface area contributed by atoms with E-state index >= 15 is 0 Å². The van der Waals surface area contributed by atoms with Crippen molar-refractivity contribution in [3.63, 3.8) is 0 Å². The largest absolute Gasteiger partial charge is 0.354 e. The van der Waals surface area contributed by atoms with Crippen LogP contribution >= 0.6 is 11.6 Å². The number of halogens is 2. The van der Waals surface area contributed by atoms with Crippen LogP contribution in [0.2, 0.25) is 5.02 Å². The molecule has 150 valence electrons. The molecule has 0 radical (unpaired) electrons. The van der Waals surface area contributed by atoms with Gasteiger partial charge in [-0.1, -0.05) is 55.8 Å². The Morgan fingerprint density at radius 2 is 1.71 bits per heavy atom. The van der Waals surface area contributed by atoms with Crippen LogP contribution < -0.4 is 5.32 Å². The molecule has 0 fully saturated rings. The van der Waals surface area contributed by atoms with Gasteiger partial charge in [0.15, 0.2) is 0 Å². The third-order valence-corrected chi connectivity index (χ3v) is 4.79. The van der Waals surface area contributed by atoms with E-state index in [1.54, 1.807) is 37.3 Å². The van der Waals surface area contributed by atoms with E-state index in [2.05, 4.69) is 5.32 Å². The molecular weight excluding hydrogens is 379 g/mol. The average molecular weight is 405 g/mol. The highest BCUT2D eigenvalue weighted by Gasteiger charge is 2.26. The fraction of sp³-hybridized carbons (Fsp3) is 0.364. The van der Waals surface area contributed by atoms with E-state index in [9.17, 15) is 14.0 Å². The highest BCUT2D eigenvalue weighted by molar-refractivity contribution is 6.31. The van der Waals surface area contributed by atoms with Gasteiger partial charge in [-0.3, -0.25) is 9.59 Å². The second-order valence-electron chi connectivity index (χ2n) is 7.23. The van der Waals surface area contributed by atoms with Crippen molar-refractivity contribution in [2.24, 2.45) is 5.92 Å². The van der Waals surface area contributed by atoms with Gasteiger partial charge in [-0.15, -0.1) is 0 Å².